The second-order valence-corrected chi connectivity index (χ2v) is 14.8. The molecule has 2 aromatic heterocycles. The molecule has 11 rings (SSSR count). The third kappa shape index (κ3) is 3.55. The predicted octanol–water partition coefficient (Wildman–Crippen LogP) is 12.4. The Morgan fingerprint density at radius 3 is 1.76 bits per heavy atom. The summed E-state index contributed by atoms with van der Waals surface area (Å²) in [6.07, 6.45) is 0. The normalized spacial score (nSPS) is 13.6. The van der Waals surface area contributed by atoms with E-state index in [9.17, 15) is 0 Å². The van der Waals surface area contributed by atoms with Gasteiger partial charge in [0, 0.05) is 25.7 Å². The average molecular weight is 706 g/mol. The summed E-state index contributed by atoms with van der Waals surface area (Å²) in [5.74, 6) is 0. The van der Waals surface area contributed by atoms with E-state index in [-0.39, 0.29) is 0 Å². The minimum atomic E-state index is -0.422. The summed E-state index contributed by atoms with van der Waals surface area (Å²) < 4.78 is 2.27. The Kier molecular flexibility index (Phi) is 5.65. The maximum absolute atomic E-state index is 5.59. The summed E-state index contributed by atoms with van der Waals surface area (Å²) in [7, 11) is 0. The zero-order valence-electron chi connectivity index (χ0n) is 26.1. The zero-order valence-corrected chi connectivity index (χ0v) is 28.5. The van der Waals surface area contributed by atoms with E-state index in [1.54, 1.807) is 11.3 Å². The third-order valence-electron chi connectivity index (χ3n) is 10.6. The van der Waals surface area contributed by atoms with Crippen LogP contribution in [0, 0.1) is 0 Å². The van der Waals surface area contributed by atoms with Gasteiger partial charge in [-0.25, -0.2) is 9.97 Å². The van der Waals surface area contributed by atoms with Crippen molar-refractivity contribution in [1.82, 2.24) is 9.97 Å². The number of rotatable bonds is 2. The van der Waals surface area contributed by atoms with Gasteiger partial charge >= 0.3 is 0 Å². The van der Waals surface area contributed by atoms with Gasteiger partial charge in [0.2, 0.25) is 0 Å². The highest BCUT2D eigenvalue weighted by atomic mass is 79.9. The fourth-order valence-electron chi connectivity index (χ4n) is 8.72. The lowest BCUT2D eigenvalue weighted by Crippen LogP contribution is -2.25. The minimum absolute atomic E-state index is 0.422. The molecule has 1 spiro atoms. The van der Waals surface area contributed by atoms with Crippen molar-refractivity contribution in [2.75, 3.05) is 0 Å². The number of nitrogens with zero attached hydrogens (tertiary/aromatic N) is 2. The van der Waals surface area contributed by atoms with Gasteiger partial charge in [-0.15, -0.1) is 11.3 Å². The van der Waals surface area contributed by atoms with Crippen LogP contribution in [0.15, 0.2) is 156 Å². The molecule has 9 aromatic rings. The summed E-state index contributed by atoms with van der Waals surface area (Å²) in [6, 6.07) is 55.2. The van der Waals surface area contributed by atoms with E-state index < -0.39 is 5.41 Å². The number of benzene rings is 7. The molecule has 0 radical (unpaired) electrons. The lowest BCUT2D eigenvalue weighted by molar-refractivity contribution is 0.794. The van der Waals surface area contributed by atoms with Crippen molar-refractivity contribution in [2.24, 2.45) is 0 Å². The van der Waals surface area contributed by atoms with E-state index >= 15 is 0 Å². The van der Waals surface area contributed by atoms with Crippen LogP contribution in [0.2, 0.25) is 0 Å². The first-order valence-electron chi connectivity index (χ1n) is 16.5. The summed E-state index contributed by atoms with van der Waals surface area (Å²) in [4.78, 5) is 12.1. The SMILES string of the molecule is Brc1cccc2c(-c3nc4c(nc3-c3cccc5c3-c3ccccc3C53c5ccccc5-c5ccccc53)sc3ccccc34)cccc12. The standard InChI is InChI=1S/C45H25BrN2S/c46-38-24-11-16-26-29(38)17-9-18-30(26)41-42(48-44-43(47-41)32-15-4-8-25-39(32)49-44)33-19-10-23-37-40(33)31-14-3-7-22-36(31)45(37)34-20-5-1-12-27(34)28-13-2-6-21-35(28)45/h1-25H. The fourth-order valence-corrected chi connectivity index (χ4v) is 10.2. The molecule has 7 aromatic carbocycles. The molecule has 0 saturated carbocycles. The average Bonchev–Trinajstić information content (AvgIpc) is 3.78. The number of halogens is 1. The quantitative estimate of drug-likeness (QED) is 0.179. The van der Waals surface area contributed by atoms with E-state index in [1.165, 1.54) is 49.2 Å². The summed E-state index contributed by atoms with van der Waals surface area (Å²) in [5, 5.41) is 3.45. The molecule has 0 aliphatic heterocycles. The fraction of sp³-hybridized carbons (Fsp3) is 0.0222. The van der Waals surface area contributed by atoms with Crippen molar-refractivity contribution >= 4 is 58.5 Å². The first-order chi connectivity index (χ1) is 24.2. The van der Waals surface area contributed by atoms with Crippen LogP contribution in [0.25, 0.3) is 76.0 Å². The molecule has 0 unspecified atom stereocenters. The van der Waals surface area contributed by atoms with Crippen LogP contribution in [0.1, 0.15) is 22.3 Å². The Morgan fingerprint density at radius 1 is 0.429 bits per heavy atom. The van der Waals surface area contributed by atoms with Crippen LogP contribution in [-0.2, 0) is 5.41 Å². The minimum Gasteiger partial charge on any atom is -0.242 e. The molecule has 0 fully saturated rings. The molecule has 2 nitrogen and oxygen atoms in total. The topological polar surface area (TPSA) is 25.8 Å². The molecule has 0 saturated heterocycles. The molecule has 0 amide bonds. The highest BCUT2D eigenvalue weighted by molar-refractivity contribution is 9.10. The number of hydrogen-bond donors (Lipinski definition) is 0. The molecule has 2 heterocycles. The van der Waals surface area contributed by atoms with Gasteiger partial charge in [0.15, 0.2) is 0 Å². The lowest BCUT2D eigenvalue weighted by Gasteiger charge is -2.30. The number of hydrogen-bond acceptors (Lipinski definition) is 3. The maximum Gasteiger partial charge on any atom is 0.143 e. The third-order valence-corrected chi connectivity index (χ3v) is 12.4. The smallest absolute Gasteiger partial charge is 0.143 e. The van der Waals surface area contributed by atoms with Gasteiger partial charge in [-0.05, 0) is 67.4 Å². The van der Waals surface area contributed by atoms with Gasteiger partial charge in [-0.1, -0.05) is 155 Å². The van der Waals surface area contributed by atoms with E-state index in [1.807, 2.05) is 0 Å². The second-order valence-electron chi connectivity index (χ2n) is 12.9. The molecule has 49 heavy (non-hydrogen) atoms. The van der Waals surface area contributed by atoms with E-state index in [4.69, 9.17) is 9.97 Å². The Bertz CT molecular complexity index is 2820. The molecule has 2 aliphatic carbocycles. The number of aromatic nitrogens is 2. The maximum atomic E-state index is 5.59. The molecule has 0 bridgehead atoms. The molecule has 228 valence electrons. The van der Waals surface area contributed by atoms with Gasteiger partial charge in [0.05, 0.1) is 16.8 Å². The largest absolute Gasteiger partial charge is 0.242 e. The van der Waals surface area contributed by atoms with Crippen molar-refractivity contribution in [3.63, 3.8) is 0 Å². The van der Waals surface area contributed by atoms with Gasteiger partial charge in [0.25, 0.3) is 0 Å². The lowest BCUT2D eigenvalue weighted by atomic mass is 9.70. The first-order valence-corrected chi connectivity index (χ1v) is 18.1. The Morgan fingerprint density at radius 2 is 0.959 bits per heavy atom. The Hall–Kier alpha value is -5.42. The monoisotopic (exact) mass is 704 g/mol. The van der Waals surface area contributed by atoms with Crippen molar-refractivity contribution in [3.8, 4) is 44.8 Å². The molecular weight excluding hydrogens is 680 g/mol. The molecular formula is C45H25BrN2S. The van der Waals surface area contributed by atoms with Crippen molar-refractivity contribution in [3.05, 3.63) is 178 Å². The first kappa shape index (κ1) is 27.5. The summed E-state index contributed by atoms with van der Waals surface area (Å²) in [5.41, 5.74) is 14.9. The van der Waals surface area contributed by atoms with Crippen molar-refractivity contribution in [2.45, 2.75) is 5.41 Å². The molecule has 2 aliphatic rings. The van der Waals surface area contributed by atoms with Crippen LogP contribution in [0.5, 0.6) is 0 Å². The van der Waals surface area contributed by atoms with Crippen LogP contribution >= 0.6 is 27.3 Å². The number of thiophene rings is 1. The highest BCUT2D eigenvalue weighted by Gasteiger charge is 2.52. The van der Waals surface area contributed by atoms with Gasteiger partial charge < -0.3 is 0 Å². The van der Waals surface area contributed by atoms with Crippen molar-refractivity contribution in [1.29, 1.82) is 0 Å². The van der Waals surface area contributed by atoms with E-state index in [2.05, 4.69) is 168 Å². The predicted molar refractivity (Wildman–Crippen MR) is 207 cm³/mol. The molecule has 4 heteroatoms. The summed E-state index contributed by atoms with van der Waals surface area (Å²) >= 11 is 5.54. The Balaban J connectivity index is 1.29. The van der Waals surface area contributed by atoms with Crippen molar-refractivity contribution < 1.29 is 0 Å². The van der Waals surface area contributed by atoms with E-state index in [0.717, 1.165) is 53.5 Å². The van der Waals surface area contributed by atoms with Gasteiger partial charge in [0.1, 0.15) is 10.3 Å². The zero-order chi connectivity index (χ0) is 32.3. The second kappa shape index (κ2) is 10.1. The van der Waals surface area contributed by atoms with Crippen LogP contribution in [-0.4, -0.2) is 9.97 Å². The number of fused-ring (bicyclic) bond motifs is 14. The van der Waals surface area contributed by atoms with E-state index in [0.29, 0.717) is 0 Å². The Labute approximate surface area is 295 Å². The molecule has 0 atom stereocenters. The van der Waals surface area contributed by atoms with Gasteiger partial charge in [-0.3, -0.25) is 0 Å². The van der Waals surface area contributed by atoms with Crippen LogP contribution in [0.3, 0.4) is 0 Å². The van der Waals surface area contributed by atoms with Crippen LogP contribution in [0.4, 0.5) is 0 Å². The van der Waals surface area contributed by atoms with Gasteiger partial charge in [-0.2, -0.15) is 0 Å². The molecule has 0 N–H and O–H groups in total. The van der Waals surface area contributed by atoms with Crippen LogP contribution < -0.4 is 0 Å². The highest BCUT2D eigenvalue weighted by Crippen LogP contribution is 2.64. The summed E-state index contributed by atoms with van der Waals surface area (Å²) in [6.45, 7) is 0.